The Morgan fingerprint density at radius 1 is 1.29 bits per heavy atom. The molecule has 5 rings (SSSR count). The largest absolute Gasteiger partial charge is 0.451 e. The molecule has 4 heterocycles. The summed E-state index contributed by atoms with van der Waals surface area (Å²) < 4.78 is 5.95. The number of hydrogen-bond acceptors (Lipinski definition) is 5. The van der Waals surface area contributed by atoms with Crippen LogP contribution in [0.15, 0.2) is 34.9 Å². The van der Waals surface area contributed by atoms with Crippen molar-refractivity contribution in [2.75, 3.05) is 13.1 Å². The number of amides is 1. The maximum Gasteiger partial charge on any atom is 0.290 e. The van der Waals surface area contributed by atoms with Gasteiger partial charge in [0.2, 0.25) is 0 Å². The van der Waals surface area contributed by atoms with Crippen LogP contribution < -0.4 is 5.32 Å². The molecule has 1 saturated heterocycles. The van der Waals surface area contributed by atoms with E-state index in [-0.39, 0.29) is 11.9 Å². The quantitative estimate of drug-likeness (QED) is 0.741. The van der Waals surface area contributed by atoms with Crippen molar-refractivity contribution in [3.05, 3.63) is 58.9 Å². The highest BCUT2D eigenvalue weighted by Crippen LogP contribution is 2.33. The minimum Gasteiger partial charge on any atom is -0.451 e. The minimum atomic E-state index is -0.0888. The van der Waals surface area contributed by atoms with Crippen LogP contribution in [0.3, 0.4) is 0 Å². The molecule has 0 aliphatic carbocycles. The van der Waals surface area contributed by atoms with Crippen molar-refractivity contribution < 1.29 is 9.21 Å². The van der Waals surface area contributed by atoms with Gasteiger partial charge in [0.15, 0.2) is 11.6 Å². The van der Waals surface area contributed by atoms with E-state index in [1.165, 1.54) is 0 Å². The first-order valence-electron chi connectivity index (χ1n) is 10.1. The number of piperidine rings is 1. The standard InChI is InChI=1S/C22H24N4O2/c1-14-16-6-2-3-8-19(16)28-20(14)22(27)26-11-5-4-7-18(26)21-24-13-15-12-23-10-9-17(15)25-21/h2-3,6,8,13,18,23H,4-5,7,9-12H2,1H3. The van der Waals surface area contributed by atoms with Gasteiger partial charge in [0.1, 0.15) is 5.58 Å². The van der Waals surface area contributed by atoms with E-state index in [1.54, 1.807) is 0 Å². The highest BCUT2D eigenvalue weighted by atomic mass is 16.3. The highest BCUT2D eigenvalue weighted by Gasteiger charge is 2.33. The third kappa shape index (κ3) is 2.88. The Morgan fingerprint density at radius 2 is 2.18 bits per heavy atom. The van der Waals surface area contributed by atoms with Gasteiger partial charge >= 0.3 is 0 Å². The Kier molecular flexibility index (Phi) is 4.36. The highest BCUT2D eigenvalue weighted by molar-refractivity contribution is 5.99. The molecule has 6 nitrogen and oxygen atoms in total. The third-order valence-corrected chi connectivity index (χ3v) is 5.93. The molecule has 1 aromatic carbocycles. The monoisotopic (exact) mass is 376 g/mol. The van der Waals surface area contributed by atoms with E-state index < -0.39 is 0 Å². The predicted molar refractivity (Wildman–Crippen MR) is 106 cm³/mol. The Labute approximate surface area is 164 Å². The van der Waals surface area contributed by atoms with Crippen LogP contribution in [0.2, 0.25) is 0 Å². The van der Waals surface area contributed by atoms with Gasteiger partial charge in [-0.3, -0.25) is 4.79 Å². The molecule has 0 saturated carbocycles. The van der Waals surface area contributed by atoms with Crippen molar-refractivity contribution in [3.63, 3.8) is 0 Å². The molecule has 1 amide bonds. The normalized spacial score (nSPS) is 19.6. The summed E-state index contributed by atoms with van der Waals surface area (Å²) in [6.45, 7) is 4.43. The molecule has 6 heteroatoms. The van der Waals surface area contributed by atoms with Crippen molar-refractivity contribution in [1.29, 1.82) is 0 Å². The van der Waals surface area contributed by atoms with Crippen molar-refractivity contribution >= 4 is 16.9 Å². The van der Waals surface area contributed by atoms with Gasteiger partial charge in [-0.2, -0.15) is 0 Å². The summed E-state index contributed by atoms with van der Waals surface area (Å²) in [6.07, 6.45) is 5.80. The van der Waals surface area contributed by atoms with Crippen LogP contribution in [-0.2, 0) is 13.0 Å². The Hall–Kier alpha value is -2.73. The van der Waals surface area contributed by atoms with Gasteiger partial charge in [-0.1, -0.05) is 18.2 Å². The number of carbonyl (C=O) groups excluding carboxylic acids is 1. The summed E-state index contributed by atoms with van der Waals surface area (Å²) >= 11 is 0. The zero-order chi connectivity index (χ0) is 19.1. The number of benzene rings is 1. The second kappa shape index (κ2) is 7.02. The molecule has 1 fully saturated rings. The molecule has 0 spiro atoms. The molecule has 0 bridgehead atoms. The van der Waals surface area contributed by atoms with Gasteiger partial charge < -0.3 is 14.6 Å². The molecule has 144 valence electrons. The third-order valence-electron chi connectivity index (χ3n) is 5.93. The lowest BCUT2D eigenvalue weighted by molar-refractivity contribution is 0.0568. The van der Waals surface area contributed by atoms with Gasteiger partial charge in [-0.15, -0.1) is 0 Å². The molecule has 3 aromatic rings. The van der Waals surface area contributed by atoms with E-state index in [9.17, 15) is 4.79 Å². The van der Waals surface area contributed by atoms with E-state index in [0.717, 1.165) is 72.4 Å². The average Bonchev–Trinajstić information content (AvgIpc) is 3.09. The van der Waals surface area contributed by atoms with Crippen LogP contribution in [0.25, 0.3) is 11.0 Å². The number of aromatic nitrogens is 2. The second-order valence-electron chi connectivity index (χ2n) is 7.69. The van der Waals surface area contributed by atoms with Crippen LogP contribution in [-0.4, -0.2) is 33.9 Å². The molecule has 1 unspecified atom stereocenters. The maximum atomic E-state index is 13.4. The lowest BCUT2D eigenvalue weighted by Gasteiger charge is -2.34. The molecular weight excluding hydrogens is 352 g/mol. The second-order valence-corrected chi connectivity index (χ2v) is 7.69. The number of fused-ring (bicyclic) bond motifs is 2. The van der Waals surface area contributed by atoms with Gasteiger partial charge in [0, 0.05) is 54.5 Å². The number of furan rings is 1. The number of nitrogens with zero attached hydrogens (tertiary/aromatic N) is 3. The lowest BCUT2D eigenvalue weighted by atomic mass is 9.99. The first-order valence-corrected chi connectivity index (χ1v) is 10.1. The Balaban J connectivity index is 1.50. The van der Waals surface area contributed by atoms with Crippen LogP contribution >= 0.6 is 0 Å². The van der Waals surface area contributed by atoms with Gasteiger partial charge in [0.05, 0.1) is 6.04 Å². The maximum absolute atomic E-state index is 13.4. The molecule has 1 atom stereocenters. The van der Waals surface area contributed by atoms with Crippen molar-refractivity contribution in [1.82, 2.24) is 20.2 Å². The minimum absolute atomic E-state index is 0.0543. The average molecular weight is 376 g/mol. The molecule has 1 N–H and O–H groups in total. The first-order chi connectivity index (χ1) is 13.7. The lowest BCUT2D eigenvalue weighted by Crippen LogP contribution is -2.39. The first kappa shape index (κ1) is 17.4. The Bertz CT molecular complexity index is 1040. The summed E-state index contributed by atoms with van der Waals surface area (Å²) in [5.41, 5.74) is 3.94. The zero-order valence-corrected chi connectivity index (χ0v) is 16.1. The summed E-state index contributed by atoms with van der Waals surface area (Å²) in [6, 6.07) is 7.72. The fourth-order valence-electron chi connectivity index (χ4n) is 4.36. The number of aryl methyl sites for hydroxylation is 1. The number of rotatable bonds is 2. The molecule has 2 aliphatic heterocycles. The fourth-order valence-corrected chi connectivity index (χ4v) is 4.36. The van der Waals surface area contributed by atoms with Gasteiger partial charge in [0.25, 0.3) is 5.91 Å². The van der Waals surface area contributed by atoms with E-state index in [4.69, 9.17) is 9.40 Å². The number of para-hydroxylation sites is 1. The van der Waals surface area contributed by atoms with E-state index in [1.807, 2.05) is 42.3 Å². The SMILES string of the molecule is Cc1c(C(=O)N2CCCCC2c2ncc3c(n2)CCNC3)oc2ccccc12. The summed E-state index contributed by atoms with van der Waals surface area (Å²) in [5, 5.41) is 4.35. The molecular formula is C22H24N4O2. The Morgan fingerprint density at radius 3 is 3.07 bits per heavy atom. The topological polar surface area (TPSA) is 71.3 Å². The van der Waals surface area contributed by atoms with Crippen LogP contribution in [0.1, 0.15) is 58.5 Å². The number of hydrogen-bond donors (Lipinski definition) is 1. The van der Waals surface area contributed by atoms with Crippen molar-refractivity contribution in [2.45, 2.75) is 45.2 Å². The number of likely N-dealkylation sites (tertiary alicyclic amines) is 1. The van der Waals surface area contributed by atoms with E-state index in [2.05, 4.69) is 10.3 Å². The zero-order valence-electron chi connectivity index (χ0n) is 16.1. The van der Waals surface area contributed by atoms with E-state index in [0.29, 0.717) is 12.3 Å². The number of carbonyl (C=O) groups is 1. The molecule has 2 aromatic heterocycles. The van der Waals surface area contributed by atoms with Crippen molar-refractivity contribution in [2.24, 2.45) is 0 Å². The molecule has 2 aliphatic rings. The van der Waals surface area contributed by atoms with Crippen LogP contribution in [0.5, 0.6) is 0 Å². The predicted octanol–water partition coefficient (Wildman–Crippen LogP) is 3.54. The number of nitrogens with one attached hydrogen (secondary N) is 1. The molecule has 28 heavy (non-hydrogen) atoms. The van der Waals surface area contributed by atoms with Gasteiger partial charge in [-0.25, -0.2) is 9.97 Å². The van der Waals surface area contributed by atoms with E-state index >= 15 is 0 Å². The van der Waals surface area contributed by atoms with Crippen LogP contribution in [0, 0.1) is 6.92 Å². The van der Waals surface area contributed by atoms with Crippen LogP contribution in [0.4, 0.5) is 0 Å². The summed E-state index contributed by atoms with van der Waals surface area (Å²) in [4.78, 5) is 24.8. The summed E-state index contributed by atoms with van der Waals surface area (Å²) in [7, 11) is 0. The van der Waals surface area contributed by atoms with Crippen molar-refractivity contribution in [3.8, 4) is 0 Å². The van der Waals surface area contributed by atoms with Gasteiger partial charge in [-0.05, 0) is 32.3 Å². The molecule has 0 radical (unpaired) electrons. The fraction of sp³-hybridized carbons (Fsp3) is 0.409. The smallest absolute Gasteiger partial charge is 0.290 e. The summed E-state index contributed by atoms with van der Waals surface area (Å²) in [5.74, 6) is 1.15.